The average Bonchev–Trinajstić information content (AvgIpc) is 3.03. The van der Waals surface area contributed by atoms with Crippen molar-refractivity contribution in [1.82, 2.24) is 25.5 Å². The second-order valence-electron chi connectivity index (χ2n) is 6.77. The van der Waals surface area contributed by atoms with Gasteiger partial charge >= 0.3 is 5.97 Å². The number of nitrogens with one attached hydrogen (secondary N) is 1. The van der Waals surface area contributed by atoms with Crippen LogP contribution < -0.4 is 5.73 Å². The van der Waals surface area contributed by atoms with Crippen LogP contribution in [0.1, 0.15) is 27.7 Å². The van der Waals surface area contributed by atoms with Gasteiger partial charge in [-0.25, -0.2) is 4.79 Å². The standard InChI is InChI=1S/C14H20N6O3S2/c1-6(25-13-16-18-19-17-13)7-5-24-11-8(15)10(21)20(11)9(7)12(22)23-14(2,3)4/h6,8,11H,5,15H2,1-4H3,(H,16,17,18,19)/t6?,8?,11-/m0/s1. The highest BCUT2D eigenvalue weighted by atomic mass is 32.2. The number of β-lactam (4-membered cyclic amide) rings is 1. The van der Waals surface area contributed by atoms with Gasteiger partial charge < -0.3 is 10.5 Å². The van der Waals surface area contributed by atoms with Crippen molar-refractivity contribution in [2.75, 3.05) is 5.75 Å². The Hall–Kier alpha value is -1.59. The lowest BCUT2D eigenvalue weighted by Crippen LogP contribution is -2.68. The number of aromatic amines is 1. The van der Waals surface area contributed by atoms with Crippen LogP contribution in [0.5, 0.6) is 0 Å². The molecule has 0 saturated carbocycles. The van der Waals surface area contributed by atoms with Gasteiger partial charge in [0.15, 0.2) is 0 Å². The van der Waals surface area contributed by atoms with Gasteiger partial charge in [-0.1, -0.05) is 11.8 Å². The predicted octanol–water partition coefficient (Wildman–Crippen LogP) is 0.518. The van der Waals surface area contributed by atoms with Crippen molar-refractivity contribution in [3.63, 3.8) is 0 Å². The third-order valence-electron chi connectivity index (χ3n) is 3.73. The fourth-order valence-corrected chi connectivity index (χ4v) is 4.96. The van der Waals surface area contributed by atoms with Gasteiger partial charge in [-0.2, -0.15) is 5.21 Å². The van der Waals surface area contributed by atoms with E-state index in [9.17, 15) is 9.59 Å². The zero-order chi connectivity index (χ0) is 18.4. The van der Waals surface area contributed by atoms with Gasteiger partial charge in [0.1, 0.15) is 22.7 Å². The van der Waals surface area contributed by atoms with Crippen molar-refractivity contribution >= 4 is 35.4 Å². The number of esters is 1. The Morgan fingerprint density at radius 1 is 1.52 bits per heavy atom. The van der Waals surface area contributed by atoms with Gasteiger partial charge in [0.2, 0.25) is 11.1 Å². The van der Waals surface area contributed by atoms with Crippen LogP contribution in [-0.4, -0.2) is 65.4 Å². The number of thioether (sulfide) groups is 2. The van der Waals surface area contributed by atoms with Crippen LogP contribution in [0.2, 0.25) is 0 Å². The minimum atomic E-state index is -0.657. The molecule has 1 fully saturated rings. The largest absolute Gasteiger partial charge is 0.455 e. The van der Waals surface area contributed by atoms with Crippen molar-refractivity contribution in [1.29, 1.82) is 0 Å². The molecule has 1 amide bonds. The van der Waals surface area contributed by atoms with Crippen LogP contribution in [-0.2, 0) is 14.3 Å². The number of H-pyrrole nitrogens is 1. The molecule has 3 atom stereocenters. The average molecular weight is 384 g/mol. The first kappa shape index (κ1) is 18.2. The van der Waals surface area contributed by atoms with Gasteiger partial charge in [-0.15, -0.1) is 22.0 Å². The zero-order valence-corrected chi connectivity index (χ0v) is 16.0. The molecule has 2 aliphatic rings. The summed E-state index contributed by atoms with van der Waals surface area (Å²) in [5.41, 5.74) is 6.33. The lowest BCUT2D eigenvalue weighted by atomic mass is 10.0. The molecular weight excluding hydrogens is 364 g/mol. The maximum absolute atomic E-state index is 12.8. The molecule has 0 spiro atoms. The summed E-state index contributed by atoms with van der Waals surface area (Å²) in [4.78, 5) is 26.5. The number of carbonyl (C=O) groups is 2. The van der Waals surface area contributed by atoms with E-state index < -0.39 is 17.6 Å². The minimum absolute atomic E-state index is 0.127. The van der Waals surface area contributed by atoms with E-state index in [4.69, 9.17) is 10.5 Å². The molecular formula is C14H20N6O3S2. The maximum atomic E-state index is 12.8. The number of fused-ring (bicyclic) bond motifs is 1. The third kappa shape index (κ3) is 3.53. The van der Waals surface area contributed by atoms with Gasteiger partial charge in [0, 0.05) is 11.0 Å². The summed E-state index contributed by atoms with van der Waals surface area (Å²) in [5, 5.41) is 13.9. The van der Waals surface area contributed by atoms with E-state index in [-0.39, 0.29) is 16.5 Å². The number of nitrogens with two attached hydrogens (primary N) is 1. The molecule has 0 aromatic carbocycles. The molecule has 2 aliphatic heterocycles. The topological polar surface area (TPSA) is 127 Å². The van der Waals surface area contributed by atoms with Crippen LogP contribution in [0.3, 0.4) is 0 Å². The van der Waals surface area contributed by atoms with Crippen molar-refractivity contribution in [2.45, 2.75) is 55.1 Å². The fourth-order valence-electron chi connectivity index (χ4n) is 2.60. The van der Waals surface area contributed by atoms with Gasteiger partial charge in [-0.05, 0) is 38.5 Å². The normalized spacial score (nSPS) is 24.7. The van der Waals surface area contributed by atoms with Crippen LogP contribution in [0.25, 0.3) is 0 Å². The molecule has 25 heavy (non-hydrogen) atoms. The molecule has 3 heterocycles. The van der Waals surface area contributed by atoms with Crippen molar-refractivity contribution < 1.29 is 14.3 Å². The number of aromatic nitrogens is 4. The summed E-state index contributed by atoms with van der Waals surface area (Å²) in [5.74, 6) is -0.177. The summed E-state index contributed by atoms with van der Waals surface area (Å²) >= 11 is 2.91. The minimum Gasteiger partial charge on any atom is -0.455 e. The molecule has 1 aromatic heterocycles. The van der Waals surface area contributed by atoms with Crippen LogP contribution in [0.4, 0.5) is 0 Å². The van der Waals surface area contributed by atoms with E-state index in [1.54, 1.807) is 32.5 Å². The fraction of sp³-hybridized carbons (Fsp3) is 0.643. The first-order valence-electron chi connectivity index (χ1n) is 7.76. The molecule has 0 aliphatic carbocycles. The van der Waals surface area contributed by atoms with Gasteiger partial charge in [0.25, 0.3) is 0 Å². The molecule has 136 valence electrons. The second kappa shape index (κ2) is 6.61. The molecule has 3 rings (SSSR count). The molecule has 3 N–H and O–H groups in total. The Morgan fingerprint density at radius 3 is 2.84 bits per heavy atom. The highest BCUT2D eigenvalue weighted by molar-refractivity contribution is 8.01. The molecule has 9 nitrogen and oxygen atoms in total. The maximum Gasteiger partial charge on any atom is 0.355 e. The molecule has 0 bridgehead atoms. The Morgan fingerprint density at radius 2 is 2.24 bits per heavy atom. The Labute approximate surface area is 153 Å². The monoisotopic (exact) mass is 384 g/mol. The van der Waals surface area contributed by atoms with E-state index in [0.29, 0.717) is 16.6 Å². The summed E-state index contributed by atoms with van der Waals surface area (Å²) in [7, 11) is 0. The summed E-state index contributed by atoms with van der Waals surface area (Å²) in [6.45, 7) is 7.32. The van der Waals surface area contributed by atoms with E-state index in [1.807, 2.05) is 6.92 Å². The Kier molecular flexibility index (Phi) is 4.82. The summed E-state index contributed by atoms with van der Waals surface area (Å²) < 4.78 is 5.53. The number of carbonyl (C=O) groups excluding carboxylic acids is 2. The number of hydrogen-bond acceptors (Lipinski definition) is 9. The number of rotatable bonds is 4. The van der Waals surface area contributed by atoms with E-state index >= 15 is 0 Å². The van der Waals surface area contributed by atoms with Crippen LogP contribution in [0, 0.1) is 0 Å². The van der Waals surface area contributed by atoms with Crippen molar-refractivity contribution in [2.24, 2.45) is 5.73 Å². The SMILES string of the molecule is CC(Sc1nn[nH]n1)C1=C(C(=O)OC(C)(C)C)N2C(=O)C(N)[C@@H]2SC1. The second-order valence-corrected chi connectivity index (χ2v) is 9.18. The highest BCUT2D eigenvalue weighted by Gasteiger charge is 2.52. The molecule has 1 saturated heterocycles. The number of amides is 1. The quantitative estimate of drug-likeness (QED) is 0.434. The number of hydrogen-bond donors (Lipinski definition) is 2. The third-order valence-corrected chi connectivity index (χ3v) is 6.08. The number of nitrogens with zero attached hydrogens (tertiary/aromatic N) is 4. The van der Waals surface area contributed by atoms with Crippen molar-refractivity contribution in [3.8, 4) is 0 Å². The Balaban J connectivity index is 1.93. The first-order chi connectivity index (χ1) is 11.7. The Bertz CT molecular complexity index is 715. The van der Waals surface area contributed by atoms with E-state index in [1.165, 1.54) is 16.7 Å². The van der Waals surface area contributed by atoms with E-state index in [2.05, 4.69) is 20.6 Å². The van der Waals surface area contributed by atoms with Crippen LogP contribution >= 0.6 is 23.5 Å². The number of ether oxygens (including phenoxy) is 1. The van der Waals surface area contributed by atoms with Crippen LogP contribution in [0.15, 0.2) is 16.4 Å². The van der Waals surface area contributed by atoms with E-state index in [0.717, 1.165) is 5.57 Å². The summed E-state index contributed by atoms with van der Waals surface area (Å²) in [6, 6.07) is -0.579. The van der Waals surface area contributed by atoms with Crippen molar-refractivity contribution in [3.05, 3.63) is 11.3 Å². The molecule has 0 radical (unpaired) electrons. The highest BCUT2D eigenvalue weighted by Crippen LogP contribution is 2.43. The van der Waals surface area contributed by atoms with Gasteiger partial charge in [-0.3, -0.25) is 9.69 Å². The number of tetrazole rings is 1. The first-order valence-corrected chi connectivity index (χ1v) is 9.68. The lowest BCUT2D eigenvalue weighted by Gasteiger charge is -2.49. The zero-order valence-electron chi connectivity index (χ0n) is 14.3. The predicted molar refractivity (Wildman–Crippen MR) is 93.4 cm³/mol. The smallest absolute Gasteiger partial charge is 0.355 e. The lowest BCUT2D eigenvalue weighted by molar-refractivity contribution is -0.158. The van der Waals surface area contributed by atoms with Gasteiger partial charge in [0.05, 0.1) is 0 Å². The molecule has 2 unspecified atom stereocenters. The molecule has 1 aromatic rings. The summed E-state index contributed by atoms with van der Waals surface area (Å²) in [6.07, 6.45) is 0. The molecule has 11 heteroatoms.